The molecule has 2 atom stereocenters. The number of piperazine rings is 1. The van der Waals surface area contributed by atoms with Crippen LogP contribution in [0, 0.1) is 5.92 Å². The Morgan fingerprint density at radius 1 is 1.38 bits per heavy atom. The topological polar surface area (TPSA) is 46.0 Å². The monoisotopic (exact) mass is 293 g/mol. The molecule has 0 aliphatic carbocycles. The molecule has 0 spiro atoms. The molecule has 1 aromatic heterocycles. The Morgan fingerprint density at radius 3 is 2.86 bits per heavy atom. The van der Waals surface area contributed by atoms with Crippen molar-refractivity contribution in [3.8, 4) is 0 Å². The Bertz CT molecular complexity index is 415. The number of aromatic nitrogens is 3. The number of hydrogen-bond donors (Lipinski definition) is 1. The fraction of sp³-hybridized carbons (Fsp3) is 0.875. The van der Waals surface area contributed by atoms with Gasteiger partial charge in [-0.1, -0.05) is 27.2 Å². The van der Waals surface area contributed by atoms with E-state index in [0.717, 1.165) is 37.9 Å². The minimum absolute atomic E-state index is 0.608. The van der Waals surface area contributed by atoms with E-state index in [9.17, 15) is 0 Å². The molecule has 0 bridgehead atoms. The molecule has 1 N–H and O–H groups in total. The van der Waals surface area contributed by atoms with E-state index in [0.29, 0.717) is 12.1 Å². The number of hydrogen-bond acceptors (Lipinski definition) is 4. The van der Waals surface area contributed by atoms with Gasteiger partial charge in [-0.25, -0.2) is 9.67 Å². The van der Waals surface area contributed by atoms with E-state index in [1.807, 2.05) is 4.68 Å². The van der Waals surface area contributed by atoms with E-state index in [-0.39, 0.29) is 0 Å². The van der Waals surface area contributed by atoms with Crippen molar-refractivity contribution < 1.29 is 0 Å². The minimum Gasteiger partial charge on any atom is -0.311 e. The molecule has 2 unspecified atom stereocenters. The number of nitrogens with zero attached hydrogens (tertiary/aromatic N) is 4. The summed E-state index contributed by atoms with van der Waals surface area (Å²) in [5.74, 6) is 1.84. The van der Waals surface area contributed by atoms with Gasteiger partial charge in [-0.05, 0) is 25.7 Å². The zero-order valence-corrected chi connectivity index (χ0v) is 14.0. The third-order valence-corrected chi connectivity index (χ3v) is 4.33. The van der Waals surface area contributed by atoms with Crippen molar-refractivity contribution in [2.45, 2.75) is 72.1 Å². The lowest BCUT2D eigenvalue weighted by Gasteiger charge is -2.40. The van der Waals surface area contributed by atoms with Gasteiger partial charge in [0.2, 0.25) is 0 Å². The van der Waals surface area contributed by atoms with Crippen molar-refractivity contribution in [1.82, 2.24) is 25.0 Å². The first-order chi connectivity index (χ1) is 10.1. The highest BCUT2D eigenvalue weighted by atomic mass is 15.4. The average molecular weight is 293 g/mol. The van der Waals surface area contributed by atoms with Crippen molar-refractivity contribution >= 4 is 0 Å². The molecule has 0 amide bonds. The highest BCUT2D eigenvalue weighted by molar-refractivity contribution is 4.92. The molecule has 5 heteroatoms. The Morgan fingerprint density at radius 2 is 2.19 bits per heavy atom. The van der Waals surface area contributed by atoms with E-state index in [1.54, 1.807) is 6.33 Å². The zero-order chi connectivity index (χ0) is 15.2. The van der Waals surface area contributed by atoms with Crippen molar-refractivity contribution in [1.29, 1.82) is 0 Å². The number of aryl methyl sites for hydroxylation is 1. The molecule has 0 radical (unpaired) electrons. The Labute approximate surface area is 129 Å². The molecule has 0 saturated carbocycles. The zero-order valence-electron chi connectivity index (χ0n) is 14.0. The van der Waals surface area contributed by atoms with Gasteiger partial charge in [-0.15, -0.1) is 0 Å². The summed E-state index contributed by atoms with van der Waals surface area (Å²) >= 11 is 0. The van der Waals surface area contributed by atoms with Crippen LogP contribution < -0.4 is 5.32 Å². The second-order valence-electron chi connectivity index (χ2n) is 6.60. The second-order valence-corrected chi connectivity index (χ2v) is 6.60. The van der Waals surface area contributed by atoms with Gasteiger partial charge in [-0.3, -0.25) is 4.90 Å². The quantitative estimate of drug-likeness (QED) is 0.838. The first-order valence-electron chi connectivity index (χ1n) is 8.48. The molecule has 1 aliphatic heterocycles. The maximum Gasteiger partial charge on any atom is 0.141 e. The number of rotatable bonds is 7. The first-order valence-corrected chi connectivity index (χ1v) is 8.48. The molecule has 0 aromatic carbocycles. The van der Waals surface area contributed by atoms with Crippen LogP contribution in [0.4, 0.5) is 0 Å². The minimum atomic E-state index is 0.608. The average Bonchev–Trinajstić information content (AvgIpc) is 2.88. The molecule has 1 aromatic rings. The van der Waals surface area contributed by atoms with Gasteiger partial charge >= 0.3 is 0 Å². The van der Waals surface area contributed by atoms with Crippen molar-refractivity contribution in [2.24, 2.45) is 5.92 Å². The van der Waals surface area contributed by atoms with Crippen molar-refractivity contribution in [3.05, 3.63) is 12.2 Å². The lowest BCUT2D eigenvalue weighted by molar-refractivity contribution is 0.103. The summed E-state index contributed by atoms with van der Waals surface area (Å²) in [5, 5.41) is 8.04. The van der Waals surface area contributed by atoms with Gasteiger partial charge in [0, 0.05) is 31.7 Å². The smallest absolute Gasteiger partial charge is 0.141 e. The van der Waals surface area contributed by atoms with Crippen LogP contribution in [0.1, 0.15) is 52.8 Å². The fourth-order valence-corrected chi connectivity index (χ4v) is 3.32. The molecular formula is C16H31N5. The maximum absolute atomic E-state index is 4.45. The van der Waals surface area contributed by atoms with Gasteiger partial charge in [-0.2, -0.15) is 5.10 Å². The van der Waals surface area contributed by atoms with Crippen LogP contribution in [-0.4, -0.2) is 44.8 Å². The van der Waals surface area contributed by atoms with Crippen LogP contribution in [0.2, 0.25) is 0 Å². The molecule has 2 heterocycles. The first kappa shape index (κ1) is 16.4. The lowest BCUT2D eigenvalue weighted by Crippen LogP contribution is -2.56. The summed E-state index contributed by atoms with van der Waals surface area (Å²) in [4.78, 5) is 7.07. The summed E-state index contributed by atoms with van der Waals surface area (Å²) in [7, 11) is 0. The van der Waals surface area contributed by atoms with Gasteiger partial charge in [0.1, 0.15) is 12.2 Å². The highest BCUT2D eigenvalue weighted by Gasteiger charge is 2.28. The molecule has 1 saturated heterocycles. The van der Waals surface area contributed by atoms with E-state index in [1.165, 1.54) is 19.3 Å². The molecule has 1 aliphatic rings. The molecule has 21 heavy (non-hydrogen) atoms. The standard InChI is InChI=1S/C16H31N5/c1-5-7-15-9-17-14(8-13(3)4)10-20(15)11-16-18-12-19-21(16)6-2/h12-15,17H,5-11H2,1-4H3. The summed E-state index contributed by atoms with van der Waals surface area (Å²) in [6, 6.07) is 1.23. The Balaban J connectivity index is 2.03. The van der Waals surface area contributed by atoms with Gasteiger partial charge in [0.25, 0.3) is 0 Å². The van der Waals surface area contributed by atoms with Crippen LogP contribution in [0.3, 0.4) is 0 Å². The summed E-state index contributed by atoms with van der Waals surface area (Å²) in [6.07, 6.45) is 5.41. The van der Waals surface area contributed by atoms with E-state index < -0.39 is 0 Å². The lowest BCUT2D eigenvalue weighted by atomic mass is 9.98. The predicted octanol–water partition coefficient (Wildman–Crippen LogP) is 2.29. The molecule has 1 fully saturated rings. The Hall–Kier alpha value is -0.940. The summed E-state index contributed by atoms with van der Waals surface area (Å²) < 4.78 is 2.02. The van der Waals surface area contributed by atoms with Gasteiger partial charge < -0.3 is 5.32 Å². The second kappa shape index (κ2) is 7.90. The van der Waals surface area contributed by atoms with Crippen molar-refractivity contribution in [3.63, 3.8) is 0 Å². The molecule has 120 valence electrons. The molecule has 2 rings (SSSR count). The molecular weight excluding hydrogens is 262 g/mol. The summed E-state index contributed by atoms with van der Waals surface area (Å²) in [5.41, 5.74) is 0. The van der Waals surface area contributed by atoms with Crippen LogP contribution in [0.15, 0.2) is 6.33 Å². The van der Waals surface area contributed by atoms with Crippen LogP contribution in [0.25, 0.3) is 0 Å². The third kappa shape index (κ3) is 4.51. The highest BCUT2D eigenvalue weighted by Crippen LogP contribution is 2.18. The van der Waals surface area contributed by atoms with Gasteiger partial charge in [0.15, 0.2) is 0 Å². The van der Waals surface area contributed by atoms with Crippen LogP contribution >= 0.6 is 0 Å². The van der Waals surface area contributed by atoms with Crippen LogP contribution in [0.5, 0.6) is 0 Å². The van der Waals surface area contributed by atoms with E-state index >= 15 is 0 Å². The number of nitrogens with one attached hydrogen (secondary N) is 1. The maximum atomic E-state index is 4.45. The molecule has 5 nitrogen and oxygen atoms in total. The largest absolute Gasteiger partial charge is 0.311 e. The predicted molar refractivity (Wildman–Crippen MR) is 86.0 cm³/mol. The SMILES string of the molecule is CCCC1CNC(CC(C)C)CN1Cc1ncnn1CC. The van der Waals surface area contributed by atoms with Gasteiger partial charge in [0.05, 0.1) is 6.54 Å². The normalized spacial score (nSPS) is 23.9. The van der Waals surface area contributed by atoms with E-state index in [2.05, 4.69) is 48.0 Å². The summed E-state index contributed by atoms with van der Waals surface area (Å²) in [6.45, 7) is 13.1. The Kier molecular flexibility index (Phi) is 6.18. The van der Waals surface area contributed by atoms with Crippen molar-refractivity contribution in [2.75, 3.05) is 13.1 Å². The fourth-order valence-electron chi connectivity index (χ4n) is 3.32. The van der Waals surface area contributed by atoms with E-state index in [4.69, 9.17) is 0 Å². The van der Waals surface area contributed by atoms with Crippen LogP contribution in [-0.2, 0) is 13.1 Å². The third-order valence-electron chi connectivity index (χ3n) is 4.33.